The summed E-state index contributed by atoms with van der Waals surface area (Å²) in [4.78, 5) is 16.9. The SMILES string of the molecule is Cc1noc(-c2ccccc2NC(=O)c2cccs2)n1. The number of amides is 1. The van der Waals surface area contributed by atoms with Crippen LogP contribution in [0.3, 0.4) is 0 Å². The number of benzene rings is 1. The van der Waals surface area contributed by atoms with Crippen molar-refractivity contribution < 1.29 is 9.32 Å². The molecular formula is C14H11N3O2S. The van der Waals surface area contributed by atoms with Gasteiger partial charge in [-0.3, -0.25) is 4.79 Å². The fraction of sp³-hybridized carbons (Fsp3) is 0.0714. The number of nitrogens with one attached hydrogen (secondary N) is 1. The molecule has 0 radical (unpaired) electrons. The molecule has 0 spiro atoms. The zero-order valence-electron chi connectivity index (χ0n) is 10.7. The van der Waals surface area contributed by atoms with E-state index in [1.54, 1.807) is 19.1 Å². The molecule has 5 nitrogen and oxygen atoms in total. The van der Waals surface area contributed by atoms with Crippen LogP contribution in [0, 0.1) is 6.92 Å². The first-order chi connectivity index (χ1) is 9.74. The zero-order chi connectivity index (χ0) is 13.9. The molecule has 0 aliphatic rings. The van der Waals surface area contributed by atoms with Gasteiger partial charge in [0, 0.05) is 0 Å². The van der Waals surface area contributed by atoms with Crippen molar-refractivity contribution in [2.24, 2.45) is 0 Å². The molecule has 3 rings (SSSR count). The van der Waals surface area contributed by atoms with E-state index in [0.29, 0.717) is 27.8 Å². The Morgan fingerprint density at radius 1 is 1.25 bits per heavy atom. The molecular weight excluding hydrogens is 274 g/mol. The van der Waals surface area contributed by atoms with Gasteiger partial charge in [0.15, 0.2) is 5.82 Å². The van der Waals surface area contributed by atoms with Gasteiger partial charge in [-0.25, -0.2) is 0 Å². The smallest absolute Gasteiger partial charge is 0.265 e. The summed E-state index contributed by atoms with van der Waals surface area (Å²) in [6, 6.07) is 11.0. The van der Waals surface area contributed by atoms with Crippen LogP contribution in [-0.2, 0) is 0 Å². The maximum Gasteiger partial charge on any atom is 0.265 e. The number of hydrogen-bond acceptors (Lipinski definition) is 5. The molecule has 2 aromatic heterocycles. The second-order valence-corrected chi connectivity index (χ2v) is 5.07. The average Bonchev–Trinajstić information content (AvgIpc) is 3.10. The van der Waals surface area contributed by atoms with Crippen LogP contribution in [0.4, 0.5) is 5.69 Å². The lowest BCUT2D eigenvalue weighted by molar-refractivity contribution is 0.103. The van der Waals surface area contributed by atoms with Gasteiger partial charge in [-0.1, -0.05) is 23.4 Å². The summed E-state index contributed by atoms with van der Waals surface area (Å²) >= 11 is 1.39. The van der Waals surface area contributed by atoms with Crippen molar-refractivity contribution in [3.05, 3.63) is 52.5 Å². The van der Waals surface area contributed by atoms with Crippen LogP contribution in [0.2, 0.25) is 0 Å². The minimum atomic E-state index is -0.149. The summed E-state index contributed by atoms with van der Waals surface area (Å²) in [6.07, 6.45) is 0. The van der Waals surface area contributed by atoms with E-state index in [1.807, 2.05) is 29.6 Å². The number of hydrogen-bond donors (Lipinski definition) is 1. The normalized spacial score (nSPS) is 10.4. The summed E-state index contributed by atoms with van der Waals surface area (Å²) in [5.74, 6) is 0.799. The van der Waals surface area contributed by atoms with Crippen molar-refractivity contribution in [1.82, 2.24) is 10.1 Å². The van der Waals surface area contributed by atoms with Crippen molar-refractivity contribution in [1.29, 1.82) is 0 Å². The predicted octanol–water partition coefficient (Wildman–Crippen LogP) is 3.36. The van der Waals surface area contributed by atoms with Gasteiger partial charge in [-0.2, -0.15) is 4.98 Å². The molecule has 0 aliphatic heterocycles. The minimum absolute atomic E-state index is 0.149. The number of para-hydroxylation sites is 1. The highest BCUT2D eigenvalue weighted by Crippen LogP contribution is 2.27. The van der Waals surface area contributed by atoms with Gasteiger partial charge in [0.25, 0.3) is 11.8 Å². The van der Waals surface area contributed by atoms with Crippen LogP contribution in [0.15, 0.2) is 46.3 Å². The summed E-state index contributed by atoms with van der Waals surface area (Å²) in [7, 11) is 0. The third-order valence-electron chi connectivity index (χ3n) is 2.68. The molecule has 0 saturated carbocycles. The number of aryl methyl sites for hydroxylation is 1. The summed E-state index contributed by atoms with van der Waals surface area (Å²) in [5, 5.41) is 8.49. The Bertz CT molecular complexity index is 734. The molecule has 3 aromatic rings. The van der Waals surface area contributed by atoms with E-state index >= 15 is 0 Å². The largest absolute Gasteiger partial charge is 0.334 e. The molecule has 0 atom stereocenters. The zero-order valence-corrected chi connectivity index (χ0v) is 11.5. The lowest BCUT2D eigenvalue weighted by atomic mass is 10.1. The summed E-state index contributed by atoms with van der Waals surface area (Å²) < 4.78 is 5.15. The Morgan fingerprint density at radius 2 is 2.10 bits per heavy atom. The second kappa shape index (κ2) is 5.26. The Kier molecular flexibility index (Phi) is 3.30. The van der Waals surface area contributed by atoms with Gasteiger partial charge in [0.2, 0.25) is 0 Å². The molecule has 100 valence electrons. The van der Waals surface area contributed by atoms with Crippen molar-refractivity contribution in [3.8, 4) is 11.5 Å². The van der Waals surface area contributed by atoms with Gasteiger partial charge >= 0.3 is 0 Å². The van der Waals surface area contributed by atoms with Crippen LogP contribution in [0.5, 0.6) is 0 Å². The van der Waals surface area contributed by atoms with Crippen LogP contribution in [0.1, 0.15) is 15.5 Å². The maximum atomic E-state index is 12.1. The predicted molar refractivity (Wildman–Crippen MR) is 76.7 cm³/mol. The summed E-state index contributed by atoms with van der Waals surface area (Å²) in [5.41, 5.74) is 1.35. The maximum absolute atomic E-state index is 12.1. The van der Waals surface area contributed by atoms with Crippen LogP contribution in [-0.4, -0.2) is 16.0 Å². The molecule has 2 heterocycles. The quantitative estimate of drug-likeness (QED) is 0.801. The first-order valence-electron chi connectivity index (χ1n) is 5.98. The minimum Gasteiger partial charge on any atom is -0.334 e. The van der Waals surface area contributed by atoms with Crippen molar-refractivity contribution >= 4 is 22.9 Å². The van der Waals surface area contributed by atoms with Crippen LogP contribution >= 0.6 is 11.3 Å². The lowest BCUT2D eigenvalue weighted by Crippen LogP contribution is -2.10. The number of rotatable bonds is 3. The number of carbonyl (C=O) groups excluding carboxylic acids is 1. The molecule has 0 saturated heterocycles. The first kappa shape index (κ1) is 12.6. The standard InChI is InChI=1S/C14H11N3O2S/c1-9-15-14(19-17-9)10-5-2-3-6-11(10)16-13(18)12-7-4-8-20-12/h2-8H,1H3,(H,16,18). The molecule has 0 aliphatic carbocycles. The van der Waals surface area contributed by atoms with Gasteiger partial charge < -0.3 is 9.84 Å². The third-order valence-corrected chi connectivity index (χ3v) is 3.55. The Balaban J connectivity index is 1.92. The van der Waals surface area contributed by atoms with E-state index in [2.05, 4.69) is 15.5 Å². The molecule has 20 heavy (non-hydrogen) atoms. The highest BCUT2D eigenvalue weighted by Gasteiger charge is 2.14. The summed E-state index contributed by atoms with van der Waals surface area (Å²) in [6.45, 7) is 1.75. The number of thiophene rings is 1. The molecule has 0 unspecified atom stereocenters. The fourth-order valence-corrected chi connectivity index (χ4v) is 2.40. The topological polar surface area (TPSA) is 68.0 Å². The van der Waals surface area contributed by atoms with E-state index < -0.39 is 0 Å². The van der Waals surface area contributed by atoms with E-state index in [-0.39, 0.29) is 5.91 Å². The van der Waals surface area contributed by atoms with Gasteiger partial charge in [-0.05, 0) is 30.5 Å². The molecule has 0 bridgehead atoms. The second-order valence-electron chi connectivity index (χ2n) is 4.12. The highest BCUT2D eigenvalue weighted by atomic mass is 32.1. The van der Waals surface area contributed by atoms with Crippen molar-refractivity contribution in [2.45, 2.75) is 6.92 Å². The number of nitrogens with zero attached hydrogens (tertiary/aromatic N) is 2. The van der Waals surface area contributed by atoms with Gasteiger partial charge in [0.05, 0.1) is 16.1 Å². The molecule has 6 heteroatoms. The van der Waals surface area contributed by atoms with E-state index in [1.165, 1.54) is 11.3 Å². The first-order valence-corrected chi connectivity index (χ1v) is 6.86. The fourth-order valence-electron chi connectivity index (χ4n) is 1.78. The molecule has 1 N–H and O–H groups in total. The molecule has 1 aromatic carbocycles. The van der Waals surface area contributed by atoms with E-state index in [4.69, 9.17) is 4.52 Å². The van der Waals surface area contributed by atoms with Crippen molar-refractivity contribution in [2.75, 3.05) is 5.32 Å². The number of anilines is 1. The van der Waals surface area contributed by atoms with E-state index in [9.17, 15) is 4.79 Å². The average molecular weight is 285 g/mol. The highest BCUT2D eigenvalue weighted by molar-refractivity contribution is 7.12. The Hall–Kier alpha value is -2.47. The van der Waals surface area contributed by atoms with Gasteiger partial charge in [0.1, 0.15) is 0 Å². The van der Waals surface area contributed by atoms with Crippen LogP contribution < -0.4 is 5.32 Å². The van der Waals surface area contributed by atoms with E-state index in [0.717, 1.165) is 0 Å². The lowest BCUT2D eigenvalue weighted by Gasteiger charge is -2.07. The van der Waals surface area contributed by atoms with Crippen LogP contribution in [0.25, 0.3) is 11.5 Å². The van der Waals surface area contributed by atoms with Gasteiger partial charge in [-0.15, -0.1) is 11.3 Å². The monoisotopic (exact) mass is 285 g/mol. The number of aromatic nitrogens is 2. The Morgan fingerprint density at radius 3 is 2.80 bits per heavy atom. The number of carbonyl (C=O) groups is 1. The van der Waals surface area contributed by atoms with Crippen molar-refractivity contribution in [3.63, 3.8) is 0 Å². The molecule has 1 amide bonds. The third kappa shape index (κ3) is 2.46. The molecule has 0 fully saturated rings. The Labute approximate surface area is 119 Å².